The second-order valence-electron chi connectivity index (χ2n) is 5.08. The lowest BCUT2D eigenvalue weighted by Gasteiger charge is -2.24. The molecule has 0 saturated heterocycles. The van der Waals surface area contributed by atoms with Crippen LogP contribution in [0.1, 0.15) is 11.6 Å². The Kier molecular flexibility index (Phi) is 6.24. The Morgan fingerprint density at radius 2 is 2.05 bits per heavy atom. The minimum Gasteiger partial charge on any atom is -0.484 e. The highest BCUT2D eigenvalue weighted by molar-refractivity contribution is 7.07. The molecular weight excluding hydrogens is 320 g/mol. The number of hydrogen-bond acceptors (Lipinski definition) is 4. The van der Waals surface area contributed by atoms with Crippen molar-refractivity contribution in [1.82, 2.24) is 10.2 Å². The van der Waals surface area contributed by atoms with E-state index in [1.54, 1.807) is 35.6 Å². The summed E-state index contributed by atoms with van der Waals surface area (Å²) >= 11 is 7.45. The third-order valence-electron chi connectivity index (χ3n) is 3.23. The average molecular weight is 339 g/mol. The quantitative estimate of drug-likeness (QED) is 0.843. The van der Waals surface area contributed by atoms with E-state index < -0.39 is 0 Å². The fourth-order valence-electron chi connectivity index (χ4n) is 2.00. The highest BCUT2D eigenvalue weighted by Gasteiger charge is 2.15. The Balaban J connectivity index is 1.80. The summed E-state index contributed by atoms with van der Waals surface area (Å²) in [5.74, 6) is 0.485. The predicted molar refractivity (Wildman–Crippen MR) is 90.7 cm³/mol. The van der Waals surface area contributed by atoms with Crippen molar-refractivity contribution < 1.29 is 9.53 Å². The minimum atomic E-state index is -0.142. The van der Waals surface area contributed by atoms with Crippen molar-refractivity contribution in [3.05, 3.63) is 51.7 Å². The largest absolute Gasteiger partial charge is 0.484 e. The van der Waals surface area contributed by atoms with Crippen molar-refractivity contribution in [1.29, 1.82) is 0 Å². The SMILES string of the molecule is CN(C)C(CNC(=O)COc1ccc(Cl)cc1)c1ccsc1. The molecule has 4 nitrogen and oxygen atoms in total. The smallest absolute Gasteiger partial charge is 0.258 e. The maximum Gasteiger partial charge on any atom is 0.258 e. The zero-order chi connectivity index (χ0) is 15.9. The van der Waals surface area contributed by atoms with Crippen LogP contribution in [0.4, 0.5) is 0 Å². The molecule has 1 unspecified atom stereocenters. The molecule has 1 aromatic heterocycles. The third-order valence-corrected chi connectivity index (χ3v) is 4.18. The summed E-state index contributed by atoms with van der Waals surface area (Å²) in [7, 11) is 4.00. The van der Waals surface area contributed by atoms with Gasteiger partial charge in [0.05, 0.1) is 6.04 Å². The van der Waals surface area contributed by atoms with Crippen LogP contribution in [0.2, 0.25) is 5.02 Å². The first kappa shape index (κ1) is 16.8. The molecule has 1 aromatic carbocycles. The van der Waals surface area contributed by atoms with Gasteiger partial charge in [0.1, 0.15) is 5.75 Å². The number of thiophene rings is 1. The fraction of sp³-hybridized carbons (Fsp3) is 0.312. The number of halogens is 1. The van der Waals surface area contributed by atoms with Gasteiger partial charge in [0, 0.05) is 11.6 Å². The molecule has 0 saturated carbocycles. The number of nitrogens with one attached hydrogen (secondary N) is 1. The normalized spacial score (nSPS) is 12.2. The molecule has 2 aromatic rings. The summed E-state index contributed by atoms with van der Waals surface area (Å²) in [5.41, 5.74) is 1.20. The van der Waals surface area contributed by atoms with Crippen molar-refractivity contribution in [3.8, 4) is 5.75 Å². The number of amides is 1. The molecule has 2 rings (SSSR count). The van der Waals surface area contributed by atoms with Gasteiger partial charge in [0.25, 0.3) is 5.91 Å². The molecule has 0 aliphatic heterocycles. The summed E-state index contributed by atoms with van der Waals surface area (Å²) in [6.07, 6.45) is 0. The maximum absolute atomic E-state index is 11.9. The lowest BCUT2D eigenvalue weighted by atomic mass is 10.1. The molecule has 1 heterocycles. The first-order valence-electron chi connectivity index (χ1n) is 6.90. The van der Waals surface area contributed by atoms with Gasteiger partial charge in [-0.15, -0.1) is 0 Å². The van der Waals surface area contributed by atoms with E-state index >= 15 is 0 Å². The van der Waals surface area contributed by atoms with E-state index in [0.29, 0.717) is 17.3 Å². The Labute approximate surface area is 139 Å². The number of rotatable bonds is 7. The summed E-state index contributed by atoms with van der Waals surface area (Å²) < 4.78 is 5.42. The zero-order valence-corrected chi connectivity index (χ0v) is 14.2. The highest BCUT2D eigenvalue weighted by atomic mass is 35.5. The van der Waals surface area contributed by atoms with E-state index in [4.69, 9.17) is 16.3 Å². The molecule has 1 atom stereocenters. The van der Waals surface area contributed by atoms with Gasteiger partial charge < -0.3 is 15.0 Å². The van der Waals surface area contributed by atoms with E-state index in [1.807, 2.05) is 19.5 Å². The van der Waals surface area contributed by atoms with Gasteiger partial charge in [-0.25, -0.2) is 0 Å². The Morgan fingerprint density at radius 1 is 1.32 bits per heavy atom. The summed E-state index contributed by atoms with van der Waals surface area (Å²) in [5, 5.41) is 7.68. The van der Waals surface area contributed by atoms with E-state index in [2.05, 4.69) is 21.7 Å². The van der Waals surface area contributed by atoms with E-state index in [1.165, 1.54) is 5.56 Å². The monoisotopic (exact) mass is 338 g/mol. The first-order valence-corrected chi connectivity index (χ1v) is 8.22. The van der Waals surface area contributed by atoms with Crippen LogP contribution in [-0.2, 0) is 4.79 Å². The van der Waals surface area contributed by atoms with Crippen LogP contribution in [0.3, 0.4) is 0 Å². The summed E-state index contributed by atoms with van der Waals surface area (Å²) in [6, 6.07) is 9.17. The number of hydrogen-bond donors (Lipinski definition) is 1. The minimum absolute atomic E-state index is 0.00851. The van der Waals surface area contributed by atoms with Crippen LogP contribution in [0.25, 0.3) is 0 Å². The van der Waals surface area contributed by atoms with E-state index in [0.717, 1.165) is 0 Å². The van der Waals surface area contributed by atoms with Crippen LogP contribution in [0, 0.1) is 0 Å². The molecule has 1 N–H and O–H groups in total. The van der Waals surface area contributed by atoms with Gasteiger partial charge >= 0.3 is 0 Å². The van der Waals surface area contributed by atoms with Gasteiger partial charge in [0.2, 0.25) is 0 Å². The molecule has 0 radical (unpaired) electrons. The fourth-order valence-corrected chi connectivity index (χ4v) is 2.84. The molecule has 6 heteroatoms. The van der Waals surface area contributed by atoms with Crippen LogP contribution in [0.5, 0.6) is 5.75 Å². The number of likely N-dealkylation sites (N-methyl/N-ethyl adjacent to an activating group) is 1. The second-order valence-corrected chi connectivity index (χ2v) is 6.30. The number of carbonyl (C=O) groups is 1. The van der Waals surface area contributed by atoms with Crippen molar-refractivity contribution in [2.24, 2.45) is 0 Å². The van der Waals surface area contributed by atoms with Gasteiger partial charge in [0.15, 0.2) is 6.61 Å². The molecule has 0 aliphatic rings. The van der Waals surface area contributed by atoms with Crippen molar-refractivity contribution in [2.45, 2.75) is 6.04 Å². The molecule has 118 valence electrons. The van der Waals surface area contributed by atoms with E-state index in [-0.39, 0.29) is 18.6 Å². The second kappa shape index (κ2) is 8.17. The molecule has 0 aliphatic carbocycles. The van der Waals surface area contributed by atoms with Crippen molar-refractivity contribution >= 4 is 28.8 Å². The van der Waals surface area contributed by atoms with Crippen LogP contribution in [0.15, 0.2) is 41.1 Å². The molecule has 0 spiro atoms. The van der Waals surface area contributed by atoms with Crippen LogP contribution >= 0.6 is 22.9 Å². The van der Waals surface area contributed by atoms with Gasteiger partial charge in [-0.05, 0) is 60.8 Å². The number of carbonyl (C=O) groups excluding carboxylic acids is 1. The number of nitrogens with zero attached hydrogens (tertiary/aromatic N) is 1. The van der Waals surface area contributed by atoms with Crippen molar-refractivity contribution in [3.63, 3.8) is 0 Å². The molecule has 0 fully saturated rings. The van der Waals surface area contributed by atoms with Crippen LogP contribution < -0.4 is 10.1 Å². The molecule has 22 heavy (non-hydrogen) atoms. The Bertz CT molecular complexity index is 585. The third kappa shape index (κ3) is 5.02. The molecule has 0 bridgehead atoms. The first-order chi connectivity index (χ1) is 10.6. The van der Waals surface area contributed by atoms with Gasteiger partial charge in [-0.3, -0.25) is 4.79 Å². The number of benzene rings is 1. The Morgan fingerprint density at radius 3 is 2.64 bits per heavy atom. The average Bonchev–Trinajstić information content (AvgIpc) is 3.00. The predicted octanol–water partition coefficient (Wildman–Crippen LogP) is 3.20. The lowest BCUT2D eigenvalue weighted by Crippen LogP contribution is -2.36. The highest BCUT2D eigenvalue weighted by Crippen LogP contribution is 2.20. The summed E-state index contributed by atoms with van der Waals surface area (Å²) in [6.45, 7) is 0.540. The lowest BCUT2D eigenvalue weighted by molar-refractivity contribution is -0.123. The molecule has 1 amide bonds. The topological polar surface area (TPSA) is 41.6 Å². The van der Waals surface area contributed by atoms with E-state index in [9.17, 15) is 4.79 Å². The zero-order valence-electron chi connectivity index (χ0n) is 12.6. The van der Waals surface area contributed by atoms with Gasteiger partial charge in [-0.2, -0.15) is 11.3 Å². The maximum atomic E-state index is 11.9. The van der Waals surface area contributed by atoms with Crippen LogP contribution in [-0.4, -0.2) is 38.1 Å². The Hall–Kier alpha value is -1.56. The number of ether oxygens (including phenoxy) is 1. The standard InChI is InChI=1S/C16H19ClN2O2S/c1-19(2)15(12-7-8-22-11-12)9-18-16(20)10-21-14-5-3-13(17)4-6-14/h3-8,11,15H,9-10H2,1-2H3,(H,18,20). The van der Waals surface area contributed by atoms with Gasteiger partial charge in [-0.1, -0.05) is 11.6 Å². The molecular formula is C16H19ClN2O2S. The van der Waals surface area contributed by atoms with Crippen molar-refractivity contribution in [2.75, 3.05) is 27.2 Å². The summed E-state index contributed by atoms with van der Waals surface area (Å²) in [4.78, 5) is 14.0.